The molecule has 4 nitrogen and oxygen atoms in total. The normalized spacial score (nSPS) is 28.2. The predicted octanol–water partition coefficient (Wildman–Crippen LogP) is 0.895. The van der Waals surface area contributed by atoms with Gasteiger partial charge in [-0.25, -0.2) is 0 Å². The van der Waals surface area contributed by atoms with Crippen molar-refractivity contribution in [3.63, 3.8) is 0 Å². The molecule has 16 heavy (non-hydrogen) atoms. The van der Waals surface area contributed by atoms with Crippen LogP contribution in [0.3, 0.4) is 0 Å². The first-order chi connectivity index (χ1) is 7.62. The van der Waals surface area contributed by atoms with Crippen LogP contribution in [0.5, 0.6) is 0 Å². The zero-order chi connectivity index (χ0) is 11.6. The van der Waals surface area contributed by atoms with Crippen LogP contribution in [0.25, 0.3) is 0 Å². The molecule has 4 heteroatoms. The number of carbonyl (C=O) groups excluding carboxylic acids is 1. The summed E-state index contributed by atoms with van der Waals surface area (Å²) in [5, 5.41) is 0. The highest BCUT2D eigenvalue weighted by atomic mass is 16.5. The van der Waals surface area contributed by atoms with Crippen molar-refractivity contribution in [3.8, 4) is 0 Å². The lowest BCUT2D eigenvalue weighted by Crippen LogP contribution is -2.53. The van der Waals surface area contributed by atoms with Crippen LogP contribution < -0.4 is 5.73 Å². The van der Waals surface area contributed by atoms with Gasteiger partial charge in [0.1, 0.15) is 0 Å². The molecule has 1 unspecified atom stereocenters. The molecule has 2 aliphatic rings. The third-order valence-electron chi connectivity index (χ3n) is 3.77. The van der Waals surface area contributed by atoms with Crippen LogP contribution in [0.1, 0.15) is 38.5 Å². The fourth-order valence-electron chi connectivity index (χ4n) is 2.78. The Hall–Kier alpha value is -0.610. The molecule has 2 rings (SSSR count). The summed E-state index contributed by atoms with van der Waals surface area (Å²) in [5.74, 6) is 0.0977. The molecule has 2 fully saturated rings. The summed E-state index contributed by atoms with van der Waals surface area (Å²) < 4.78 is 5.53. The first kappa shape index (κ1) is 11.9. The SMILES string of the molecule is CN(CC1CCCO1)C(=O)C1(N)CCCC1. The highest BCUT2D eigenvalue weighted by Crippen LogP contribution is 2.29. The maximum absolute atomic E-state index is 12.2. The van der Waals surface area contributed by atoms with Crippen LogP contribution >= 0.6 is 0 Å². The summed E-state index contributed by atoms with van der Waals surface area (Å²) in [6.07, 6.45) is 6.23. The van der Waals surface area contributed by atoms with Gasteiger partial charge in [-0.05, 0) is 25.7 Å². The molecule has 92 valence electrons. The minimum Gasteiger partial charge on any atom is -0.376 e. The molecule has 1 saturated heterocycles. The molecular weight excluding hydrogens is 204 g/mol. The van der Waals surface area contributed by atoms with Crippen LogP contribution in [0.2, 0.25) is 0 Å². The monoisotopic (exact) mass is 226 g/mol. The van der Waals surface area contributed by atoms with Crippen LogP contribution in [0.15, 0.2) is 0 Å². The van der Waals surface area contributed by atoms with Gasteiger partial charge >= 0.3 is 0 Å². The molecule has 1 aliphatic carbocycles. The lowest BCUT2D eigenvalue weighted by Gasteiger charge is -2.30. The Kier molecular flexibility index (Phi) is 3.50. The molecule has 0 radical (unpaired) electrons. The van der Waals surface area contributed by atoms with Gasteiger partial charge in [0, 0.05) is 20.2 Å². The van der Waals surface area contributed by atoms with Crippen LogP contribution in [0, 0.1) is 0 Å². The molecule has 1 aliphatic heterocycles. The van der Waals surface area contributed by atoms with Crippen molar-refractivity contribution in [2.75, 3.05) is 20.2 Å². The fourth-order valence-corrected chi connectivity index (χ4v) is 2.78. The minimum atomic E-state index is -0.590. The second-order valence-electron chi connectivity index (χ2n) is 5.18. The standard InChI is InChI=1S/C12H22N2O2/c1-14(9-10-5-4-8-16-10)11(15)12(13)6-2-3-7-12/h10H,2-9,13H2,1H3. The molecule has 0 aromatic heterocycles. The maximum atomic E-state index is 12.2. The number of hydrogen-bond donors (Lipinski definition) is 1. The average Bonchev–Trinajstić information content (AvgIpc) is 2.89. The third-order valence-corrected chi connectivity index (χ3v) is 3.77. The van der Waals surface area contributed by atoms with Crippen molar-refractivity contribution in [3.05, 3.63) is 0 Å². The van der Waals surface area contributed by atoms with Gasteiger partial charge < -0.3 is 15.4 Å². The van der Waals surface area contributed by atoms with Crippen LogP contribution in [-0.2, 0) is 9.53 Å². The van der Waals surface area contributed by atoms with E-state index in [0.717, 1.165) is 45.1 Å². The second-order valence-corrected chi connectivity index (χ2v) is 5.18. The van der Waals surface area contributed by atoms with Crippen molar-refractivity contribution in [1.82, 2.24) is 4.90 Å². The van der Waals surface area contributed by atoms with Gasteiger partial charge in [0.05, 0.1) is 11.6 Å². The molecule has 1 amide bonds. The maximum Gasteiger partial charge on any atom is 0.242 e. The summed E-state index contributed by atoms with van der Waals surface area (Å²) in [7, 11) is 1.84. The molecule has 1 saturated carbocycles. The first-order valence-electron chi connectivity index (χ1n) is 6.28. The summed E-state index contributed by atoms with van der Waals surface area (Å²) in [6.45, 7) is 1.53. The van der Waals surface area contributed by atoms with Crippen LogP contribution in [0.4, 0.5) is 0 Å². The van der Waals surface area contributed by atoms with Crippen molar-refractivity contribution in [2.45, 2.75) is 50.2 Å². The fraction of sp³-hybridized carbons (Fsp3) is 0.917. The van der Waals surface area contributed by atoms with E-state index in [0.29, 0.717) is 6.54 Å². The van der Waals surface area contributed by atoms with Crippen molar-refractivity contribution in [1.29, 1.82) is 0 Å². The molecule has 1 heterocycles. The first-order valence-corrected chi connectivity index (χ1v) is 6.28. The van der Waals surface area contributed by atoms with Gasteiger partial charge in [0.15, 0.2) is 0 Å². The number of nitrogens with zero attached hydrogens (tertiary/aromatic N) is 1. The number of carbonyl (C=O) groups is 1. The van der Waals surface area contributed by atoms with Gasteiger partial charge in [0.25, 0.3) is 0 Å². The van der Waals surface area contributed by atoms with E-state index < -0.39 is 5.54 Å². The Morgan fingerprint density at radius 1 is 1.44 bits per heavy atom. The Labute approximate surface area is 97.1 Å². The van der Waals surface area contributed by atoms with Crippen molar-refractivity contribution >= 4 is 5.91 Å². The van der Waals surface area contributed by atoms with E-state index in [1.807, 2.05) is 7.05 Å². The van der Waals surface area contributed by atoms with E-state index in [1.54, 1.807) is 4.90 Å². The van der Waals surface area contributed by atoms with E-state index in [2.05, 4.69) is 0 Å². The van der Waals surface area contributed by atoms with Crippen molar-refractivity contribution < 1.29 is 9.53 Å². The molecule has 2 N–H and O–H groups in total. The summed E-state index contributed by atoms with van der Waals surface area (Å²) in [6, 6.07) is 0. The molecule has 0 aromatic carbocycles. The van der Waals surface area contributed by atoms with Gasteiger partial charge in [-0.15, -0.1) is 0 Å². The number of hydrogen-bond acceptors (Lipinski definition) is 3. The largest absolute Gasteiger partial charge is 0.376 e. The predicted molar refractivity (Wildman–Crippen MR) is 62.0 cm³/mol. The molecular formula is C12H22N2O2. The smallest absolute Gasteiger partial charge is 0.242 e. The van der Waals surface area contributed by atoms with Crippen molar-refractivity contribution in [2.24, 2.45) is 5.73 Å². The Balaban J connectivity index is 1.88. The molecule has 0 spiro atoms. The minimum absolute atomic E-state index is 0.0977. The van der Waals surface area contributed by atoms with E-state index >= 15 is 0 Å². The van der Waals surface area contributed by atoms with Gasteiger partial charge in [0.2, 0.25) is 5.91 Å². The average molecular weight is 226 g/mol. The number of amides is 1. The quantitative estimate of drug-likeness (QED) is 0.777. The lowest BCUT2D eigenvalue weighted by molar-refractivity contribution is -0.136. The zero-order valence-electron chi connectivity index (χ0n) is 10.1. The Morgan fingerprint density at radius 2 is 2.12 bits per heavy atom. The summed E-state index contributed by atoms with van der Waals surface area (Å²) in [4.78, 5) is 14.0. The van der Waals surface area contributed by atoms with E-state index in [4.69, 9.17) is 10.5 Å². The van der Waals surface area contributed by atoms with Gasteiger partial charge in [-0.2, -0.15) is 0 Å². The lowest BCUT2D eigenvalue weighted by atomic mass is 9.97. The molecule has 0 bridgehead atoms. The Morgan fingerprint density at radius 3 is 2.69 bits per heavy atom. The number of likely N-dealkylation sites (N-methyl/N-ethyl adjacent to an activating group) is 1. The third kappa shape index (κ3) is 2.38. The van der Waals surface area contributed by atoms with Gasteiger partial charge in [-0.1, -0.05) is 12.8 Å². The van der Waals surface area contributed by atoms with E-state index in [-0.39, 0.29) is 12.0 Å². The highest BCUT2D eigenvalue weighted by Gasteiger charge is 2.39. The summed E-state index contributed by atoms with van der Waals surface area (Å²) in [5.41, 5.74) is 5.56. The van der Waals surface area contributed by atoms with Crippen LogP contribution in [-0.4, -0.2) is 42.6 Å². The number of nitrogens with two attached hydrogens (primary N) is 1. The highest BCUT2D eigenvalue weighted by molar-refractivity contribution is 5.86. The topological polar surface area (TPSA) is 55.6 Å². The number of ether oxygens (including phenoxy) is 1. The molecule has 1 atom stereocenters. The Bertz CT molecular complexity index is 256. The van der Waals surface area contributed by atoms with Gasteiger partial charge in [-0.3, -0.25) is 4.79 Å². The van der Waals surface area contributed by atoms with E-state index in [9.17, 15) is 4.79 Å². The summed E-state index contributed by atoms with van der Waals surface area (Å²) >= 11 is 0. The zero-order valence-corrected chi connectivity index (χ0v) is 10.1. The second kappa shape index (κ2) is 4.72. The number of rotatable bonds is 3. The van der Waals surface area contributed by atoms with E-state index in [1.165, 1.54) is 0 Å². The molecule has 0 aromatic rings.